The van der Waals surface area contributed by atoms with Gasteiger partial charge in [-0.2, -0.15) is 0 Å². The first-order chi connectivity index (χ1) is 11.6. The van der Waals surface area contributed by atoms with Crippen molar-refractivity contribution in [2.45, 2.75) is 12.5 Å². The second-order valence-corrected chi connectivity index (χ2v) is 5.83. The molecule has 1 atom stereocenters. The number of nitro groups is 1. The predicted octanol–water partition coefficient (Wildman–Crippen LogP) is 2.08. The molecule has 1 amide bonds. The van der Waals surface area contributed by atoms with Crippen molar-refractivity contribution in [2.24, 2.45) is 7.05 Å². The summed E-state index contributed by atoms with van der Waals surface area (Å²) in [5.41, 5.74) is 1.66. The van der Waals surface area contributed by atoms with Crippen LogP contribution in [0.1, 0.15) is 17.3 Å². The van der Waals surface area contributed by atoms with E-state index in [-0.39, 0.29) is 24.1 Å². The van der Waals surface area contributed by atoms with E-state index in [1.54, 1.807) is 17.0 Å². The third-order valence-corrected chi connectivity index (χ3v) is 4.25. The Labute approximate surface area is 139 Å². The van der Waals surface area contributed by atoms with Crippen LogP contribution in [0.5, 0.6) is 0 Å². The van der Waals surface area contributed by atoms with Gasteiger partial charge in [0.2, 0.25) is 5.91 Å². The summed E-state index contributed by atoms with van der Waals surface area (Å²) in [5.74, 6) is -0.0509. The van der Waals surface area contributed by atoms with Crippen molar-refractivity contribution in [2.75, 3.05) is 19.8 Å². The molecule has 1 aromatic heterocycles. The van der Waals surface area contributed by atoms with Gasteiger partial charge in [0.1, 0.15) is 0 Å². The van der Waals surface area contributed by atoms with Gasteiger partial charge in [-0.25, -0.2) is 0 Å². The summed E-state index contributed by atoms with van der Waals surface area (Å²) in [6.45, 7) is 1.48. The zero-order valence-electron chi connectivity index (χ0n) is 13.4. The van der Waals surface area contributed by atoms with Gasteiger partial charge in [-0.1, -0.05) is 12.1 Å². The minimum atomic E-state index is -0.449. The molecule has 1 saturated heterocycles. The van der Waals surface area contributed by atoms with Crippen molar-refractivity contribution in [3.05, 3.63) is 64.0 Å². The molecule has 126 valence electrons. The molecule has 0 radical (unpaired) electrons. The van der Waals surface area contributed by atoms with E-state index < -0.39 is 4.92 Å². The first-order valence-corrected chi connectivity index (χ1v) is 7.78. The maximum Gasteiger partial charge on any atom is 0.269 e. The van der Waals surface area contributed by atoms with Gasteiger partial charge in [0, 0.05) is 37.6 Å². The maximum absolute atomic E-state index is 12.8. The van der Waals surface area contributed by atoms with Crippen molar-refractivity contribution < 1.29 is 14.5 Å². The summed E-state index contributed by atoms with van der Waals surface area (Å²) < 4.78 is 7.52. The van der Waals surface area contributed by atoms with Crippen LogP contribution in [0.4, 0.5) is 5.69 Å². The van der Waals surface area contributed by atoms with Crippen LogP contribution < -0.4 is 0 Å². The van der Waals surface area contributed by atoms with Crippen molar-refractivity contribution in [3.63, 3.8) is 0 Å². The van der Waals surface area contributed by atoms with Crippen LogP contribution in [0.3, 0.4) is 0 Å². The van der Waals surface area contributed by atoms with Crippen molar-refractivity contribution in [1.29, 1.82) is 0 Å². The van der Waals surface area contributed by atoms with Crippen LogP contribution in [-0.2, 0) is 23.0 Å². The maximum atomic E-state index is 12.8. The SMILES string of the molecule is Cn1cccc1[C@H]1COCCN1C(=O)Cc1cccc([N+](=O)[O-])c1. The average Bonchev–Trinajstić information content (AvgIpc) is 3.01. The van der Waals surface area contributed by atoms with Crippen LogP contribution in [0.25, 0.3) is 0 Å². The molecule has 0 saturated carbocycles. The molecular formula is C17H19N3O4. The standard InChI is InChI=1S/C17H19N3O4/c1-18-7-3-6-15(18)16-12-24-9-8-19(16)17(21)11-13-4-2-5-14(10-13)20(22)23/h2-7,10,16H,8-9,11-12H2,1H3/t16-/m1/s1. The number of non-ortho nitro benzene ring substituents is 1. The first-order valence-electron chi connectivity index (χ1n) is 7.78. The van der Waals surface area contributed by atoms with E-state index in [0.717, 1.165) is 5.69 Å². The molecule has 7 heteroatoms. The van der Waals surface area contributed by atoms with Gasteiger partial charge in [0.25, 0.3) is 5.69 Å². The van der Waals surface area contributed by atoms with E-state index >= 15 is 0 Å². The van der Waals surface area contributed by atoms with Crippen LogP contribution in [0.15, 0.2) is 42.6 Å². The Bertz CT molecular complexity index is 756. The predicted molar refractivity (Wildman–Crippen MR) is 87.5 cm³/mol. The van der Waals surface area contributed by atoms with Crippen LogP contribution in [0.2, 0.25) is 0 Å². The minimum absolute atomic E-state index is 0.00117. The number of nitrogens with zero attached hydrogens (tertiary/aromatic N) is 3. The molecule has 0 bridgehead atoms. The molecule has 2 heterocycles. The Morgan fingerprint density at radius 3 is 2.92 bits per heavy atom. The van der Waals surface area contributed by atoms with E-state index in [9.17, 15) is 14.9 Å². The largest absolute Gasteiger partial charge is 0.377 e. The van der Waals surface area contributed by atoms with E-state index in [2.05, 4.69) is 0 Å². The summed E-state index contributed by atoms with van der Waals surface area (Å²) >= 11 is 0. The highest BCUT2D eigenvalue weighted by Gasteiger charge is 2.30. The smallest absolute Gasteiger partial charge is 0.269 e. The van der Waals surface area contributed by atoms with E-state index in [1.807, 2.05) is 29.9 Å². The lowest BCUT2D eigenvalue weighted by atomic mass is 10.1. The van der Waals surface area contributed by atoms with Gasteiger partial charge in [0.15, 0.2) is 0 Å². The number of aromatic nitrogens is 1. The third kappa shape index (κ3) is 3.30. The topological polar surface area (TPSA) is 77.6 Å². The number of carbonyl (C=O) groups is 1. The van der Waals surface area contributed by atoms with Gasteiger partial charge < -0.3 is 14.2 Å². The molecule has 24 heavy (non-hydrogen) atoms. The highest BCUT2D eigenvalue weighted by atomic mass is 16.6. The molecule has 0 N–H and O–H groups in total. The van der Waals surface area contributed by atoms with E-state index in [1.165, 1.54) is 12.1 Å². The summed E-state index contributed by atoms with van der Waals surface area (Å²) in [6, 6.07) is 10.0. The molecule has 7 nitrogen and oxygen atoms in total. The number of ether oxygens (including phenoxy) is 1. The number of carbonyl (C=O) groups excluding carboxylic acids is 1. The van der Waals surface area contributed by atoms with Crippen LogP contribution in [0, 0.1) is 10.1 Å². The number of hydrogen-bond acceptors (Lipinski definition) is 4. The molecule has 0 spiro atoms. The fraction of sp³-hybridized carbons (Fsp3) is 0.353. The van der Waals surface area contributed by atoms with Crippen LogP contribution in [-0.4, -0.2) is 40.1 Å². The zero-order valence-corrected chi connectivity index (χ0v) is 13.4. The number of morpholine rings is 1. The summed E-state index contributed by atoms with van der Waals surface area (Å²) in [5, 5.41) is 10.9. The number of rotatable bonds is 4. The van der Waals surface area contributed by atoms with Gasteiger partial charge in [-0.05, 0) is 17.7 Å². The molecular weight excluding hydrogens is 310 g/mol. The Kier molecular flexibility index (Phi) is 4.61. The number of benzene rings is 1. The first kappa shape index (κ1) is 16.2. The summed E-state index contributed by atoms with van der Waals surface area (Å²) in [4.78, 5) is 25.0. The minimum Gasteiger partial charge on any atom is -0.377 e. The monoisotopic (exact) mass is 329 g/mol. The fourth-order valence-corrected chi connectivity index (χ4v) is 3.02. The fourth-order valence-electron chi connectivity index (χ4n) is 3.02. The van der Waals surface area contributed by atoms with Crippen molar-refractivity contribution >= 4 is 11.6 Å². The van der Waals surface area contributed by atoms with Crippen molar-refractivity contribution in [3.8, 4) is 0 Å². The average molecular weight is 329 g/mol. The normalized spacial score (nSPS) is 17.7. The lowest BCUT2D eigenvalue weighted by Gasteiger charge is -2.36. The molecule has 0 aliphatic carbocycles. The number of hydrogen-bond donors (Lipinski definition) is 0. The molecule has 2 aromatic rings. The zero-order chi connectivity index (χ0) is 17.1. The molecule has 3 rings (SSSR count). The van der Waals surface area contributed by atoms with Gasteiger partial charge in [-0.15, -0.1) is 0 Å². The number of nitro benzene ring substituents is 1. The van der Waals surface area contributed by atoms with Crippen LogP contribution >= 0.6 is 0 Å². The molecule has 0 unspecified atom stereocenters. The number of aryl methyl sites for hydroxylation is 1. The molecule has 1 aliphatic heterocycles. The third-order valence-electron chi connectivity index (χ3n) is 4.25. The van der Waals surface area contributed by atoms with Gasteiger partial charge in [-0.3, -0.25) is 14.9 Å². The van der Waals surface area contributed by atoms with E-state index in [0.29, 0.717) is 25.3 Å². The van der Waals surface area contributed by atoms with Gasteiger partial charge in [0.05, 0.1) is 30.6 Å². The highest BCUT2D eigenvalue weighted by molar-refractivity contribution is 5.79. The highest BCUT2D eigenvalue weighted by Crippen LogP contribution is 2.25. The molecule has 1 fully saturated rings. The van der Waals surface area contributed by atoms with Crippen molar-refractivity contribution in [1.82, 2.24) is 9.47 Å². The Morgan fingerprint density at radius 2 is 2.21 bits per heavy atom. The Morgan fingerprint density at radius 1 is 1.38 bits per heavy atom. The lowest BCUT2D eigenvalue weighted by Crippen LogP contribution is -2.44. The Balaban J connectivity index is 1.78. The quantitative estimate of drug-likeness (QED) is 0.635. The summed E-state index contributed by atoms with van der Waals surface area (Å²) in [6.07, 6.45) is 2.08. The lowest BCUT2D eigenvalue weighted by molar-refractivity contribution is -0.384. The second-order valence-electron chi connectivity index (χ2n) is 5.83. The summed E-state index contributed by atoms with van der Waals surface area (Å²) in [7, 11) is 1.94. The van der Waals surface area contributed by atoms with E-state index in [4.69, 9.17) is 4.74 Å². The second kappa shape index (κ2) is 6.84. The molecule has 1 aromatic carbocycles. The Hall–Kier alpha value is -2.67. The van der Waals surface area contributed by atoms with Gasteiger partial charge >= 0.3 is 0 Å². The number of amides is 1. The molecule has 1 aliphatic rings.